The van der Waals surface area contributed by atoms with Gasteiger partial charge in [-0.15, -0.1) is 0 Å². The minimum atomic E-state index is -0.651. The first-order chi connectivity index (χ1) is 15.5. The van der Waals surface area contributed by atoms with Crippen LogP contribution in [-0.4, -0.2) is 41.9 Å². The van der Waals surface area contributed by atoms with Crippen LogP contribution in [0, 0.1) is 17.2 Å². The van der Waals surface area contributed by atoms with E-state index >= 15 is 0 Å². The zero-order chi connectivity index (χ0) is 22.9. The zero-order valence-corrected chi connectivity index (χ0v) is 18.8. The van der Waals surface area contributed by atoms with E-state index in [1.807, 2.05) is 49.1 Å². The number of carbonyl (C=O) groups excluding carboxylic acids is 2. The number of nitrogens with one attached hydrogen (secondary N) is 1. The molecule has 1 aliphatic heterocycles. The van der Waals surface area contributed by atoms with Gasteiger partial charge in [0.25, 0.3) is 5.91 Å². The lowest BCUT2D eigenvalue weighted by Crippen LogP contribution is -2.51. The van der Waals surface area contributed by atoms with Crippen molar-refractivity contribution in [3.63, 3.8) is 0 Å². The monoisotopic (exact) mass is 433 g/mol. The lowest BCUT2D eigenvalue weighted by Gasteiger charge is -2.35. The Bertz CT molecular complexity index is 944. The SMILES string of the molecule is CC(C)C(Oc1ccccc1C#N)C(=O)N1CCC(NC(=O)CCc2ccccc2)CC1. The van der Waals surface area contributed by atoms with Gasteiger partial charge in [-0.3, -0.25) is 9.59 Å². The number of amides is 2. The van der Waals surface area contributed by atoms with Gasteiger partial charge in [-0.25, -0.2) is 0 Å². The molecule has 0 spiro atoms. The molecular weight excluding hydrogens is 402 g/mol. The van der Waals surface area contributed by atoms with Crippen molar-refractivity contribution in [1.29, 1.82) is 5.26 Å². The Hall–Kier alpha value is -3.33. The average Bonchev–Trinajstić information content (AvgIpc) is 2.82. The molecule has 6 nitrogen and oxygen atoms in total. The number of nitriles is 1. The van der Waals surface area contributed by atoms with E-state index in [-0.39, 0.29) is 23.8 Å². The smallest absolute Gasteiger partial charge is 0.263 e. The number of piperidine rings is 1. The third kappa shape index (κ3) is 6.34. The molecule has 1 N–H and O–H groups in total. The molecule has 1 atom stereocenters. The van der Waals surface area contributed by atoms with Crippen LogP contribution < -0.4 is 10.1 Å². The summed E-state index contributed by atoms with van der Waals surface area (Å²) >= 11 is 0. The van der Waals surface area contributed by atoms with Gasteiger partial charge >= 0.3 is 0 Å². The summed E-state index contributed by atoms with van der Waals surface area (Å²) in [6.45, 7) is 5.04. The standard InChI is InChI=1S/C26H31N3O3/c1-19(2)25(32-23-11-7-6-10-21(23)18-27)26(31)29-16-14-22(15-17-29)28-24(30)13-12-20-8-4-3-5-9-20/h3-11,19,22,25H,12-17H2,1-2H3,(H,28,30). The molecule has 1 aliphatic rings. The second-order valence-corrected chi connectivity index (χ2v) is 8.54. The Morgan fingerprint density at radius 2 is 1.75 bits per heavy atom. The maximum absolute atomic E-state index is 13.2. The molecule has 1 saturated heterocycles. The van der Waals surface area contributed by atoms with Gasteiger partial charge in [-0.05, 0) is 42.9 Å². The molecule has 32 heavy (non-hydrogen) atoms. The summed E-state index contributed by atoms with van der Waals surface area (Å²) in [5.74, 6) is 0.379. The van der Waals surface area contributed by atoms with Crippen LogP contribution in [0.3, 0.4) is 0 Å². The quantitative estimate of drug-likeness (QED) is 0.688. The fourth-order valence-electron chi connectivity index (χ4n) is 3.90. The zero-order valence-electron chi connectivity index (χ0n) is 18.8. The highest BCUT2D eigenvalue weighted by atomic mass is 16.5. The molecule has 0 aliphatic carbocycles. The van der Waals surface area contributed by atoms with E-state index in [1.165, 1.54) is 0 Å². The van der Waals surface area contributed by atoms with Crippen molar-refractivity contribution in [3.8, 4) is 11.8 Å². The van der Waals surface area contributed by atoms with Crippen LogP contribution in [0.5, 0.6) is 5.75 Å². The van der Waals surface area contributed by atoms with Crippen molar-refractivity contribution >= 4 is 11.8 Å². The summed E-state index contributed by atoms with van der Waals surface area (Å²) in [5, 5.41) is 12.4. The summed E-state index contributed by atoms with van der Waals surface area (Å²) in [6, 6.07) is 19.2. The van der Waals surface area contributed by atoms with E-state index in [1.54, 1.807) is 24.3 Å². The van der Waals surface area contributed by atoms with E-state index in [4.69, 9.17) is 4.74 Å². The average molecular weight is 434 g/mol. The lowest BCUT2D eigenvalue weighted by molar-refractivity contribution is -0.141. The van der Waals surface area contributed by atoms with Crippen LogP contribution >= 0.6 is 0 Å². The van der Waals surface area contributed by atoms with Gasteiger partial charge in [0.05, 0.1) is 5.56 Å². The van der Waals surface area contributed by atoms with Crippen molar-refractivity contribution in [1.82, 2.24) is 10.2 Å². The first kappa shape index (κ1) is 23.3. The van der Waals surface area contributed by atoms with Crippen LogP contribution in [0.1, 0.15) is 44.2 Å². The fourth-order valence-corrected chi connectivity index (χ4v) is 3.90. The maximum atomic E-state index is 13.2. The summed E-state index contributed by atoms with van der Waals surface area (Å²) in [7, 11) is 0. The Morgan fingerprint density at radius 3 is 2.41 bits per heavy atom. The molecule has 6 heteroatoms. The third-order valence-corrected chi connectivity index (χ3v) is 5.77. The van der Waals surface area contributed by atoms with Crippen molar-refractivity contribution in [2.24, 2.45) is 5.92 Å². The third-order valence-electron chi connectivity index (χ3n) is 5.77. The second kappa shape index (κ2) is 11.3. The van der Waals surface area contributed by atoms with Gasteiger partial charge in [0.15, 0.2) is 6.10 Å². The maximum Gasteiger partial charge on any atom is 0.263 e. The molecule has 0 saturated carbocycles. The van der Waals surface area contributed by atoms with Gasteiger partial charge in [0.1, 0.15) is 11.8 Å². The molecule has 1 unspecified atom stereocenters. The molecule has 0 aromatic heterocycles. The number of hydrogen-bond acceptors (Lipinski definition) is 4. The topological polar surface area (TPSA) is 82.4 Å². The Labute approximate surface area is 190 Å². The predicted molar refractivity (Wildman–Crippen MR) is 123 cm³/mol. The van der Waals surface area contributed by atoms with E-state index in [9.17, 15) is 14.9 Å². The molecule has 0 bridgehead atoms. The van der Waals surface area contributed by atoms with Gasteiger partial charge < -0.3 is 15.0 Å². The normalized spacial score (nSPS) is 15.1. The number of nitrogens with zero attached hydrogens (tertiary/aromatic N) is 2. The summed E-state index contributed by atoms with van der Waals surface area (Å²) in [4.78, 5) is 27.3. The minimum absolute atomic E-state index is 0.0374. The number of hydrogen-bond donors (Lipinski definition) is 1. The molecule has 168 valence electrons. The highest BCUT2D eigenvalue weighted by Gasteiger charge is 2.32. The van der Waals surface area contributed by atoms with Crippen molar-refractivity contribution < 1.29 is 14.3 Å². The first-order valence-corrected chi connectivity index (χ1v) is 11.3. The molecule has 2 aromatic rings. The largest absolute Gasteiger partial charge is 0.479 e. The van der Waals surface area contributed by atoms with Crippen molar-refractivity contribution in [2.75, 3.05) is 13.1 Å². The van der Waals surface area contributed by atoms with Crippen LogP contribution in [0.2, 0.25) is 0 Å². The number of likely N-dealkylation sites (tertiary alicyclic amines) is 1. The summed E-state index contributed by atoms with van der Waals surface area (Å²) in [6.07, 6.45) is 1.98. The second-order valence-electron chi connectivity index (χ2n) is 8.54. The van der Waals surface area contributed by atoms with E-state index in [2.05, 4.69) is 11.4 Å². The number of carbonyl (C=O) groups is 2. The minimum Gasteiger partial charge on any atom is -0.479 e. The van der Waals surface area contributed by atoms with Gasteiger partial charge in [-0.2, -0.15) is 5.26 Å². The van der Waals surface area contributed by atoms with E-state index in [0.717, 1.165) is 24.8 Å². The van der Waals surface area contributed by atoms with Crippen LogP contribution in [0.25, 0.3) is 0 Å². The van der Waals surface area contributed by atoms with E-state index in [0.29, 0.717) is 30.8 Å². The van der Waals surface area contributed by atoms with Gasteiger partial charge in [-0.1, -0.05) is 56.3 Å². The highest BCUT2D eigenvalue weighted by Crippen LogP contribution is 2.23. The molecule has 0 radical (unpaired) electrons. The van der Waals surface area contributed by atoms with Gasteiger partial charge in [0.2, 0.25) is 5.91 Å². The molecule has 1 heterocycles. The van der Waals surface area contributed by atoms with Crippen LogP contribution in [-0.2, 0) is 16.0 Å². The predicted octanol–water partition coefficient (Wildman–Crippen LogP) is 3.70. The van der Waals surface area contributed by atoms with Crippen molar-refractivity contribution in [2.45, 2.75) is 51.7 Å². The molecule has 2 amide bonds. The Kier molecular flexibility index (Phi) is 8.27. The highest BCUT2D eigenvalue weighted by molar-refractivity contribution is 5.82. The number of rotatable bonds is 8. The summed E-state index contributed by atoms with van der Waals surface area (Å²) in [5.41, 5.74) is 1.57. The Morgan fingerprint density at radius 1 is 1.09 bits per heavy atom. The fraction of sp³-hybridized carbons (Fsp3) is 0.423. The first-order valence-electron chi connectivity index (χ1n) is 11.3. The molecular formula is C26H31N3O3. The lowest BCUT2D eigenvalue weighted by atomic mass is 10.0. The molecule has 3 rings (SSSR count). The number of para-hydroxylation sites is 1. The Balaban J connectivity index is 1.50. The van der Waals surface area contributed by atoms with Crippen molar-refractivity contribution in [3.05, 3.63) is 65.7 Å². The molecule has 2 aromatic carbocycles. The number of ether oxygens (including phenoxy) is 1. The van der Waals surface area contributed by atoms with Crippen LogP contribution in [0.15, 0.2) is 54.6 Å². The van der Waals surface area contributed by atoms with E-state index < -0.39 is 6.10 Å². The van der Waals surface area contributed by atoms with Gasteiger partial charge in [0, 0.05) is 25.6 Å². The molecule has 1 fully saturated rings. The summed E-state index contributed by atoms with van der Waals surface area (Å²) < 4.78 is 5.99. The number of aryl methyl sites for hydroxylation is 1. The number of benzene rings is 2. The van der Waals surface area contributed by atoms with Crippen LogP contribution in [0.4, 0.5) is 0 Å².